The molecule has 0 aromatic carbocycles. The van der Waals surface area contributed by atoms with Crippen LogP contribution in [0.2, 0.25) is 0 Å². The van der Waals surface area contributed by atoms with E-state index in [1.54, 1.807) is 19.0 Å². The summed E-state index contributed by atoms with van der Waals surface area (Å²) < 4.78 is 0. The summed E-state index contributed by atoms with van der Waals surface area (Å²) in [6.45, 7) is 6.90. The lowest BCUT2D eigenvalue weighted by atomic mass is 9.86. The van der Waals surface area contributed by atoms with Crippen LogP contribution in [0.15, 0.2) is 5.29 Å². The first kappa shape index (κ1) is 17.8. The molecule has 1 saturated heterocycles. The second-order valence-corrected chi connectivity index (χ2v) is 6.00. The maximum absolute atomic E-state index is 11.8. The van der Waals surface area contributed by atoms with Gasteiger partial charge in [-0.3, -0.25) is 9.80 Å². The zero-order valence-corrected chi connectivity index (χ0v) is 12.5. The molecule has 0 aromatic rings. The Labute approximate surface area is 114 Å². The number of likely N-dealkylation sites (tertiary alicyclic amines) is 1. The first-order valence-corrected chi connectivity index (χ1v) is 6.32. The Morgan fingerprint density at radius 2 is 1.95 bits per heavy atom. The van der Waals surface area contributed by atoms with Crippen LogP contribution in [0.25, 0.3) is 0 Å². The van der Waals surface area contributed by atoms with E-state index < -0.39 is 6.04 Å². The molecule has 0 spiro atoms. The van der Waals surface area contributed by atoms with Gasteiger partial charge in [0.2, 0.25) is 5.91 Å². The van der Waals surface area contributed by atoms with E-state index in [2.05, 4.69) is 5.29 Å². The van der Waals surface area contributed by atoms with E-state index in [4.69, 9.17) is 5.73 Å². The normalized spacial score (nSPS) is 20.4. The molecule has 0 bridgehead atoms. The summed E-state index contributed by atoms with van der Waals surface area (Å²) >= 11 is 0. The third-order valence-corrected chi connectivity index (χ3v) is 2.84. The van der Waals surface area contributed by atoms with Gasteiger partial charge in [0, 0.05) is 27.2 Å². The third-order valence-electron chi connectivity index (χ3n) is 2.84. The van der Waals surface area contributed by atoms with Crippen LogP contribution < -0.4 is 5.73 Å². The van der Waals surface area contributed by atoms with Gasteiger partial charge in [0.05, 0.1) is 17.4 Å². The van der Waals surface area contributed by atoms with Gasteiger partial charge < -0.3 is 15.7 Å². The number of carbonyl (C=O) groups is 1. The number of carbonyl (C=O) groups excluding carboxylic acids is 1. The molecule has 1 amide bonds. The topological polar surface area (TPSA) is 99.2 Å². The summed E-state index contributed by atoms with van der Waals surface area (Å²) in [5.74, 6) is -0.0472. The fourth-order valence-corrected chi connectivity index (χ4v) is 1.51. The van der Waals surface area contributed by atoms with Crippen molar-refractivity contribution in [3.63, 3.8) is 0 Å². The molecule has 0 saturated carbocycles. The van der Waals surface area contributed by atoms with E-state index in [1.165, 1.54) is 5.01 Å². The Balaban J connectivity index is 0.000000555. The number of hydrogen-bond donors (Lipinski definition) is 2. The predicted molar refractivity (Wildman–Crippen MR) is 74.1 cm³/mol. The minimum Gasteiger partial charge on any atom is -0.391 e. The van der Waals surface area contributed by atoms with E-state index in [0.717, 1.165) is 0 Å². The molecule has 2 unspecified atom stereocenters. The number of β-amino-alcohol motifs (C(OH)–C–C–N with tert-alkyl or cyclic N) is 1. The summed E-state index contributed by atoms with van der Waals surface area (Å²) in [4.78, 5) is 22.7. The largest absolute Gasteiger partial charge is 0.391 e. The number of hydrogen-bond acceptors (Lipinski definition) is 5. The van der Waals surface area contributed by atoms with E-state index in [0.29, 0.717) is 19.5 Å². The van der Waals surface area contributed by atoms with Crippen LogP contribution in [0.3, 0.4) is 0 Å². The van der Waals surface area contributed by atoms with Crippen LogP contribution in [0.5, 0.6) is 0 Å². The third kappa shape index (κ3) is 6.49. The molecule has 0 radical (unpaired) electrons. The number of amides is 1. The molecule has 0 aromatic heterocycles. The number of nitrogens with zero attached hydrogens (tertiary/aromatic N) is 3. The predicted octanol–water partition coefficient (Wildman–Crippen LogP) is 0.182. The number of aliphatic hydroxyl groups is 1. The molecule has 1 fully saturated rings. The van der Waals surface area contributed by atoms with Crippen molar-refractivity contribution in [2.45, 2.75) is 39.3 Å². The van der Waals surface area contributed by atoms with Gasteiger partial charge in [0.1, 0.15) is 0 Å². The van der Waals surface area contributed by atoms with Crippen LogP contribution in [0.4, 0.5) is 0 Å². The molecule has 1 aliphatic rings. The lowest BCUT2D eigenvalue weighted by Crippen LogP contribution is -2.49. The Morgan fingerprint density at radius 1 is 1.47 bits per heavy atom. The van der Waals surface area contributed by atoms with Crippen molar-refractivity contribution in [2.24, 2.45) is 16.4 Å². The van der Waals surface area contributed by atoms with Gasteiger partial charge in [-0.05, 0) is 11.8 Å². The zero-order chi connectivity index (χ0) is 15.2. The highest BCUT2D eigenvalue weighted by Gasteiger charge is 2.34. The first-order valence-electron chi connectivity index (χ1n) is 6.32. The van der Waals surface area contributed by atoms with Gasteiger partial charge in [-0.15, -0.1) is 4.91 Å². The van der Waals surface area contributed by atoms with Gasteiger partial charge >= 0.3 is 0 Å². The molecule has 7 nitrogen and oxygen atoms in total. The van der Waals surface area contributed by atoms with E-state index >= 15 is 0 Å². The van der Waals surface area contributed by atoms with Crippen molar-refractivity contribution >= 4 is 5.91 Å². The molecule has 0 aliphatic carbocycles. The second kappa shape index (κ2) is 7.40. The average molecular weight is 274 g/mol. The van der Waals surface area contributed by atoms with Crippen LogP contribution in [0.1, 0.15) is 27.2 Å². The lowest BCUT2D eigenvalue weighted by Gasteiger charge is -2.29. The summed E-state index contributed by atoms with van der Waals surface area (Å²) in [6, 6.07) is -0.479. The SMILES string of the molecule is CC(C)(C)C(N)C(=O)N1CCC(O)C1.CN(C)N=O. The summed E-state index contributed by atoms with van der Waals surface area (Å²) in [6.07, 6.45) is 0.300. The molecular formula is C12H26N4O3. The van der Waals surface area contributed by atoms with Crippen LogP contribution >= 0.6 is 0 Å². The Kier molecular flexibility index (Phi) is 6.93. The monoisotopic (exact) mass is 274 g/mol. The fraction of sp³-hybridized carbons (Fsp3) is 0.917. The van der Waals surface area contributed by atoms with E-state index in [1.807, 2.05) is 20.8 Å². The van der Waals surface area contributed by atoms with Gasteiger partial charge in [0.15, 0.2) is 0 Å². The average Bonchev–Trinajstić information content (AvgIpc) is 2.73. The minimum absolute atomic E-state index is 0.0472. The summed E-state index contributed by atoms with van der Waals surface area (Å²) in [5, 5.41) is 13.0. The smallest absolute Gasteiger partial charge is 0.240 e. The molecule has 1 heterocycles. The standard InChI is InChI=1S/C10H20N2O2.C2H6N2O/c1-10(2,3)8(11)9(14)12-5-4-7(13)6-12;1-4(2)3-5/h7-8,13H,4-6,11H2,1-3H3;1-2H3. The van der Waals surface area contributed by atoms with Crippen molar-refractivity contribution in [2.75, 3.05) is 27.2 Å². The van der Waals surface area contributed by atoms with E-state index in [-0.39, 0.29) is 17.4 Å². The Morgan fingerprint density at radius 3 is 2.21 bits per heavy atom. The van der Waals surface area contributed by atoms with Crippen LogP contribution in [0, 0.1) is 10.3 Å². The number of nitroso groups, excluding NO2 is 1. The lowest BCUT2D eigenvalue weighted by molar-refractivity contribution is -0.134. The molecule has 112 valence electrons. The Hall–Kier alpha value is -1.21. The molecule has 2 atom stereocenters. The minimum atomic E-state index is -0.479. The highest BCUT2D eigenvalue weighted by atomic mass is 16.3. The fourth-order valence-electron chi connectivity index (χ4n) is 1.51. The molecule has 7 heteroatoms. The van der Waals surface area contributed by atoms with Crippen molar-refractivity contribution in [3.8, 4) is 0 Å². The summed E-state index contributed by atoms with van der Waals surface area (Å²) in [5.41, 5.74) is 5.63. The quantitative estimate of drug-likeness (QED) is 0.553. The highest BCUT2D eigenvalue weighted by Crippen LogP contribution is 2.21. The van der Waals surface area contributed by atoms with Gasteiger partial charge in [-0.25, -0.2) is 0 Å². The molecule has 19 heavy (non-hydrogen) atoms. The second-order valence-electron chi connectivity index (χ2n) is 6.00. The Bertz CT molecular complexity index is 302. The van der Waals surface area contributed by atoms with Crippen molar-refractivity contribution in [1.29, 1.82) is 0 Å². The zero-order valence-electron chi connectivity index (χ0n) is 12.5. The van der Waals surface area contributed by atoms with Crippen molar-refractivity contribution < 1.29 is 9.90 Å². The van der Waals surface area contributed by atoms with Gasteiger partial charge in [-0.2, -0.15) is 0 Å². The molecule has 1 aliphatic heterocycles. The van der Waals surface area contributed by atoms with Crippen molar-refractivity contribution in [1.82, 2.24) is 9.91 Å². The first-order chi connectivity index (χ1) is 8.59. The molecule has 3 N–H and O–H groups in total. The maximum atomic E-state index is 11.8. The van der Waals surface area contributed by atoms with Crippen molar-refractivity contribution in [3.05, 3.63) is 4.91 Å². The highest BCUT2D eigenvalue weighted by molar-refractivity contribution is 5.82. The van der Waals surface area contributed by atoms with Crippen LogP contribution in [-0.4, -0.2) is 60.3 Å². The number of nitrogens with two attached hydrogens (primary N) is 1. The van der Waals surface area contributed by atoms with Gasteiger partial charge in [-0.1, -0.05) is 20.8 Å². The number of aliphatic hydroxyl groups excluding tert-OH is 1. The maximum Gasteiger partial charge on any atom is 0.240 e. The molecular weight excluding hydrogens is 248 g/mol. The summed E-state index contributed by atoms with van der Waals surface area (Å²) in [7, 11) is 3.15. The van der Waals surface area contributed by atoms with Gasteiger partial charge in [0.25, 0.3) is 0 Å². The van der Waals surface area contributed by atoms with Crippen LogP contribution in [-0.2, 0) is 4.79 Å². The molecule has 1 rings (SSSR count). The van der Waals surface area contributed by atoms with E-state index in [9.17, 15) is 14.8 Å². The number of rotatable bonds is 2.